The van der Waals surface area contributed by atoms with Crippen LogP contribution in [-0.2, 0) is 0 Å². The van der Waals surface area contributed by atoms with Gasteiger partial charge in [0.05, 0.1) is 6.42 Å². The highest BCUT2D eigenvalue weighted by Gasteiger charge is 2.30. The van der Waals surface area contributed by atoms with Crippen LogP contribution in [0, 0.1) is 0 Å². The molecule has 1 aromatic heterocycles. The second kappa shape index (κ2) is 5.35. The van der Waals surface area contributed by atoms with Gasteiger partial charge in [0.1, 0.15) is 5.15 Å². The van der Waals surface area contributed by atoms with Crippen molar-refractivity contribution in [2.75, 3.05) is 0 Å². The Kier molecular flexibility index (Phi) is 4.34. The highest BCUT2D eigenvalue weighted by atomic mass is 35.5. The first kappa shape index (κ1) is 13.8. The molecule has 0 bridgehead atoms. The van der Waals surface area contributed by atoms with Crippen molar-refractivity contribution in [2.24, 2.45) is 0 Å². The Morgan fingerprint density at radius 1 is 1.59 bits per heavy atom. The zero-order chi connectivity index (χ0) is 13.1. The molecule has 0 aliphatic carbocycles. The summed E-state index contributed by atoms with van der Waals surface area (Å²) >= 11 is 5.56. The standard InChI is InChI=1S/C10H10ClF3N2O/c1-6(5-10(12,13)14)16-9(17)7-2-3-15-8(11)4-7/h2-4,6H,5H2,1H3,(H,16,17). The molecule has 94 valence electrons. The number of amides is 1. The quantitative estimate of drug-likeness (QED) is 0.855. The van der Waals surface area contributed by atoms with E-state index in [2.05, 4.69) is 10.3 Å². The Labute approximate surface area is 101 Å². The fourth-order valence-corrected chi connectivity index (χ4v) is 1.42. The van der Waals surface area contributed by atoms with Gasteiger partial charge in [0.15, 0.2) is 0 Å². The smallest absolute Gasteiger partial charge is 0.349 e. The molecule has 7 heteroatoms. The third-order valence-corrected chi connectivity index (χ3v) is 2.11. The Morgan fingerprint density at radius 3 is 2.76 bits per heavy atom. The average molecular weight is 267 g/mol. The molecule has 3 nitrogen and oxygen atoms in total. The molecule has 1 N–H and O–H groups in total. The lowest BCUT2D eigenvalue weighted by Crippen LogP contribution is -2.35. The first-order valence-electron chi connectivity index (χ1n) is 4.77. The summed E-state index contributed by atoms with van der Waals surface area (Å²) in [5.41, 5.74) is 0.180. The number of carbonyl (C=O) groups excluding carboxylic acids is 1. The second-order valence-electron chi connectivity index (χ2n) is 3.56. The fraction of sp³-hybridized carbons (Fsp3) is 0.400. The average Bonchev–Trinajstić information content (AvgIpc) is 2.14. The topological polar surface area (TPSA) is 42.0 Å². The first-order chi connectivity index (χ1) is 7.78. The van der Waals surface area contributed by atoms with Gasteiger partial charge >= 0.3 is 6.18 Å². The molecule has 1 aromatic rings. The van der Waals surface area contributed by atoms with E-state index in [1.807, 2.05) is 0 Å². The molecule has 0 radical (unpaired) electrons. The Bertz CT molecular complexity index is 409. The van der Waals surface area contributed by atoms with Gasteiger partial charge in [-0.2, -0.15) is 13.2 Å². The number of hydrogen-bond donors (Lipinski definition) is 1. The molecule has 0 saturated carbocycles. The van der Waals surface area contributed by atoms with Crippen LogP contribution in [0.3, 0.4) is 0 Å². The van der Waals surface area contributed by atoms with Gasteiger partial charge in [-0.25, -0.2) is 4.98 Å². The lowest BCUT2D eigenvalue weighted by Gasteiger charge is -2.15. The molecule has 0 aliphatic rings. The Hall–Kier alpha value is -1.30. The van der Waals surface area contributed by atoms with Crippen LogP contribution >= 0.6 is 11.6 Å². The number of carbonyl (C=O) groups is 1. The van der Waals surface area contributed by atoms with Crippen LogP contribution < -0.4 is 5.32 Å². The van der Waals surface area contributed by atoms with Gasteiger partial charge in [-0.15, -0.1) is 0 Å². The van der Waals surface area contributed by atoms with Gasteiger partial charge in [0.2, 0.25) is 0 Å². The van der Waals surface area contributed by atoms with Crippen molar-refractivity contribution in [3.63, 3.8) is 0 Å². The number of hydrogen-bond acceptors (Lipinski definition) is 2. The van der Waals surface area contributed by atoms with Gasteiger partial charge < -0.3 is 5.32 Å². The maximum absolute atomic E-state index is 12.0. The van der Waals surface area contributed by atoms with E-state index in [9.17, 15) is 18.0 Å². The van der Waals surface area contributed by atoms with E-state index in [0.29, 0.717) is 0 Å². The molecule has 0 aliphatic heterocycles. The molecule has 1 amide bonds. The van der Waals surface area contributed by atoms with Crippen LogP contribution in [-0.4, -0.2) is 23.1 Å². The van der Waals surface area contributed by atoms with Crippen molar-refractivity contribution >= 4 is 17.5 Å². The Morgan fingerprint density at radius 2 is 2.24 bits per heavy atom. The van der Waals surface area contributed by atoms with Crippen LogP contribution in [0.1, 0.15) is 23.7 Å². The highest BCUT2D eigenvalue weighted by molar-refractivity contribution is 6.29. The SMILES string of the molecule is CC(CC(F)(F)F)NC(=O)c1ccnc(Cl)c1. The summed E-state index contributed by atoms with van der Waals surface area (Å²) in [5.74, 6) is -0.606. The van der Waals surface area contributed by atoms with E-state index in [0.717, 1.165) is 0 Å². The first-order valence-corrected chi connectivity index (χ1v) is 5.15. The van der Waals surface area contributed by atoms with Crippen molar-refractivity contribution in [2.45, 2.75) is 25.6 Å². The van der Waals surface area contributed by atoms with Crippen molar-refractivity contribution < 1.29 is 18.0 Å². The summed E-state index contributed by atoms with van der Waals surface area (Å²) in [6.07, 6.45) is -4.06. The largest absolute Gasteiger partial charge is 0.391 e. The number of pyridine rings is 1. The molecule has 1 rings (SSSR count). The third kappa shape index (κ3) is 5.04. The maximum Gasteiger partial charge on any atom is 0.391 e. The predicted molar refractivity (Wildman–Crippen MR) is 56.8 cm³/mol. The zero-order valence-corrected chi connectivity index (χ0v) is 9.64. The molecule has 1 atom stereocenters. The van der Waals surface area contributed by atoms with E-state index in [4.69, 9.17) is 11.6 Å². The number of alkyl halides is 3. The number of rotatable bonds is 3. The zero-order valence-electron chi connectivity index (χ0n) is 8.88. The predicted octanol–water partition coefficient (Wildman–Crippen LogP) is 2.81. The minimum atomic E-state index is -4.30. The minimum absolute atomic E-state index is 0.112. The minimum Gasteiger partial charge on any atom is -0.349 e. The number of halogens is 4. The lowest BCUT2D eigenvalue weighted by molar-refractivity contribution is -0.138. The summed E-state index contributed by atoms with van der Waals surface area (Å²) in [5, 5.41) is 2.35. The highest BCUT2D eigenvalue weighted by Crippen LogP contribution is 2.21. The summed E-state index contributed by atoms with van der Waals surface area (Å²) < 4.78 is 36.1. The van der Waals surface area contributed by atoms with Crippen molar-refractivity contribution in [3.8, 4) is 0 Å². The summed E-state index contributed by atoms with van der Waals surface area (Å²) in [6, 6.07) is 1.67. The van der Waals surface area contributed by atoms with Gasteiger partial charge in [0, 0.05) is 17.8 Å². The van der Waals surface area contributed by atoms with E-state index in [-0.39, 0.29) is 10.7 Å². The fourth-order valence-electron chi connectivity index (χ4n) is 1.25. The number of nitrogens with one attached hydrogen (secondary N) is 1. The monoisotopic (exact) mass is 266 g/mol. The molecule has 0 spiro atoms. The van der Waals surface area contributed by atoms with Gasteiger partial charge in [-0.3, -0.25) is 4.79 Å². The molecule has 1 unspecified atom stereocenters. The van der Waals surface area contributed by atoms with Crippen LogP contribution in [0.5, 0.6) is 0 Å². The molecule has 0 saturated heterocycles. The van der Waals surface area contributed by atoms with E-state index in [1.165, 1.54) is 25.3 Å². The molecule has 0 aromatic carbocycles. The lowest BCUT2D eigenvalue weighted by atomic mass is 10.2. The normalized spacial score (nSPS) is 13.2. The van der Waals surface area contributed by atoms with Gasteiger partial charge in [-0.1, -0.05) is 11.6 Å². The van der Waals surface area contributed by atoms with E-state index in [1.54, 1.807) is 0 Å². The number of aromatic nitrogens is 1. The van der Waals surface area contributed by atoms with E-state index >= 15 is 0 Å². The second-order valence-corrected chi connectivity index (χ2v) is 3.95. The molecule has 17 heavy (non-hydrogen) atoms. The summed E-state index contributed by atoms with van der Waals surface area (Å²) in [6.45, 7) is 1.29. The van der Waals surface area contributed by atoms with Crippen LogP contribution in [0.25, 0.3) is 0 Å². The van der Waals surface area contributed by atoms with Crippen molar-refractivity contribution in [1.29, 1.82) is 0 Å². The molecule has 1 heterocycles. The van der Waals surface area contributed by atoms with Crippen LogP contribution in [0.4, 0.5) is 13.2 Å². The third-order valence-electron chi connectivity index (χ3n) is 1.90. The molecular formula is C10H10ClF3N2O. The van der Waals surface area contributed by atoms with Crippen LogP contribution in [0.15, 0.2) is 18.3 Å². The van der Waals surface area contributed by atoms with Crippen LogP contribution in [0.2, 0.25) is 5.15 Å². The molecular weight excluding hydrogens is 257 g/mol. The van der Waals surface area contributed by atoms with Gasteiger partial charge in [0.25, 0.3) is 5.91 Å². The maximum atomic E-state index is 12.0. The van der Waals surface area contributed by atoms with E-state index < -0.39 is 24.5 Å². The summed E-state index contributed by atoms with van der Waals surface area (Å²) in [7, 11) is 0. The van der Waals surface area contributed by atoms with Crippen molar-refractivity contribution in [1.82, 2.24) is 10.3 Å². The number of nitrogens with zero attached hydrogens (tertiary/aromatic N) is 1. The molecule has 0 fully saturated rings. The van der Waals surface area contributed by atoms with Gasteiger partial charge in [-0.05, 0) is 19.1 Å². The van der Waals surface area contributed by atoms with Crippen molar-refractivity contribution in [3.05, 3.63) is 29.0 Å². The summed E-state index contributed by atoms with van der Waals surface area (Å²) in [4.78, 5) is 15.2. The Balaban J connectivity index is 2.61.